The van der Waals surface area contributed by atoms with Gasteiger partial charge in [-0.25, -0.2) is 14.6 Å². The van der Waals surface area contributed by atoms with Crippen molar-refractivity contribution >= 4 is 12.1 Å². The molecule has 8 heteroatoms. The number of methoxy groups -OCH3 is 1. The predicted octanol–water partition coefficient (Wildman–Crippen LogP) is 10.9. The number of carbonyl (C=O) groups excluding carboxylic acids is 2. The largest absolute Gasteiger partial charge is 0.513 e. The number of imidazole rings is 1. The molecule has 8 nitrogen and oxygen atoms in total. The van der Waals surface area contributed by atoms with Gasteiger partial charge < -0.3 is 23.5 Å². The smallest absolute Gasteiger partial charge is 0.496 e. The van der Waals surface area contributed by atoms with Crippen LogP contribution in [0.25, 0.3) is 22.4 Å². The minimum Gasteiger partial charge on any atom is -0.496 e. The molecule has 0 radical (unpaired) electrons. The SMILES string of the molecule is CCCOC(=O)C(=C(C)OC(=O)OCC1c2cc(C(C)(C)C)ccc2-c2ccc(C(C)(C)C)cc21)C(c1ccccc1OC)n1cnc(-c2ccccc2)c1. The molecule has 1 aromatic heterocycles. The van der Waals surface area contributed by atoms with Crippen LogP contribution in [0.15, 0.2) is 115 Å². The summed E-state index contributed by atoms with van der Waals surface area (Å²) in [6, 6.07) is 29.6. The van der Waals surface area contributed by atoms with E-state index in [0.717, 1.165) is 27.8 Å². The van der Waals surface area contributed by atoms with E-state index in [1.807, 2.05) is 72.3 Å². The Morgan fingerprint density at radius 2 is 1.40 bits per heavy atom. The lowest BCUT2D eigenvalue weighted by Gasteiger charge is -2.25. The van der Waals surface area contributed by atoms with Gasteiger partial charge in [-0.3, -0.25) is 0 Å². The molecule has 0 saturated heterocycles. The van der Waals surface area contributed by atoms with Gasteiger partial charge in [0.25, 0.3) is 0 Å². The van der Waals surface area contributed by atoms with E-state index >= 15 is 0 Å². The molecular formula is C47H52N2O6. The summed E-state index contributed by atoms with van der Waals surface area (Å²) in [5.41, 5.74) is 9.17. The molecule has 0 N–H and O–H groups in total. The normalized spacial score (nSPS) is 13.7. The molecule has 0 bridgehead atoms. The molecule has 1 unspecified atom stereocenters. The fourth-order valence-electron chi connectivity index (χ4n) is 7.15. The maximum absolute atomic E-state index is 14.1. The van der Waals surface area contributed by atoms with Crippen molar-refractivity contribution in [3.8, 4) is 28.1 Å². The zero-order chi connectivity index (χ0) is 39.5. The van der Waals surface area contributed by atoms with Crippen molar-refractivity contribution in [1.29, 1.82) is 0 Å². The van der Waals surface area contributed by atoms with Crippen molar-refractivity contribution in [3.63, 3.8) is 0 Å². The van der Waals surface area contributed by atoms with Crippen molar-refractivity contribution in [2.24, 2.45) is 0 Å². The number of ether oxygens (including phenoxy) is 4. The third-order valence-electron chi connectivity index (χ3n) is 10.2. The van der Waals surface area contributed by atoms with Crippen LogP contribution in [-0.4, -0.2) is 42.0 Å². The van der Waals surface area contributed by atoms with Crippen molar-refractivity contribution in [2.75, 3.05) is 20.3 Å². The maximum atomic E-state index is 14.1. The van der Waals surface area contributed by atoms with Crippen LogP contribution in [-0.2, 0) is 29.8 Å². The highest BCUT2D eigenvalue weighted by atomic mass is 16.7. The number of esters is 1. The molecule has 0 aliphatic heterocycles. The zero-order valence-electron chi connectivity index (χ0n) is 33.4. The Balaban J connectivity index is 1.37. The Bertz CT molecular complexity index is 2140. The quantitative estimate of drug-likeness (QED) is 0.0756. The van der Waals surface area contributed by atoms with Gasteiger partial charge >= 0.3 is 12.1 Å². The van der Waals surface area contributed by atoms with Crippen molar-refractivity contribution in [1.82, 2.24) is 9.55 Å². The van der Waals surface area contributed by atoms with Crippen molar-refractivity contribution in [2.45, 2.75) is 84.6 Å². The third-order valence-corrected chi connectivity index (χ3v) is 10.2. The molecule has 6 rings (SSSR count). The summed E-state index contributed by atoms with van der Waals surface area (Å²) in [7, 11) is 1.58. The Labute approximate surface area is 325 Å². The average molecular weight is 741 g/mol. The van der Waals surface area contributed by atoms with E-state index in [1.165, 1.54) is 11.1 Å². The second-order valence-corrected chi connectivity index (χ2v) is 16.1. The third kappa shape index (κ3) is 8.39. The first-order valence-electron chi connectivity index (χ1n) is 18.9. The Morgan fingerprint density at radius 1 is 0.800 bits per heavy atom. The summed E-state index contributed by atoms with van der Waals surface area (Å²) >= 11 is 0. The predicted molar refractivity (Wildman–Crippen MR) is 216 cm³/mol. The van der Waals surface area contributed by atoms with Gasteiger partial charge in [0, 0.05) is 23.2 Å². The average Bonchev–Trinajstić information content (AvgIpc) is 3.77. The number of para-hydroxylation sites is 1. The first kappa shape index (κ1) is 39.1. The molecule has 4 aromatic carbocycles. The number of fused-ring (bicyclic) bond motifs is 3. The van der Waals surface area contributed by atoms with Crippen LogP contribution >= 0.6 is 0 Å². The van der Waals surface area contributed by atoms with Crippen LogP contribution in [0.2, 0.25) is 0 Å². The van der Waals surface area contributed by atoms with Crippen LogP contribution in [0.3, 0.4) is 0 Å². The van der Waals surface area contributed by atoms with E-state index in [1.54, 1.807) is 20.4 Å². The highest BCUT2D eigenvalue weighted by molar-refractivity contribution is 5.91. The van der Waals surface area contributed by atoms with Crippen LogP contribution in [0, 0.1) is 0 Å². The Hall–Kier alpha value is -5.63. The topological polar surface area (TPSA) is 88.9 Å². The van der Waals surface area contributed by atoms with Gasteiger partial charge in [0.2, 0.25) is 0 Å². The number of rotatable bonds is 11. The van der Waals surface area contributed by atoms with Crippen molar-refractivity contribution in [3.05, 3.63) is 143 Å². The molecule has 0 spiro atoms. The second-order valence-electron chi connectivity index (χ2n) is 16.1. The first-order valence-corrected chi connectivity index (χ1v) is 18.9. The fourth-order valence-corrected chi connectivity index (χ4v) is 7.15. The van der Waals surface area contributed by atoms with Gasteiger partial charge in [-0.1, -0.05) is 133 Å². The van der Waals surface area contributed by atoms with Crippen molar-refractivity contribution < 1.29 is 28.5 Å². The number of hydrogen-bond donors (Lipinski definition) is 0. The monoisotopic (exact) mass is 740 g/mol. The number of nitrogens with zero attached hydrogens (tertiary/aromatic N) is 2. The number of hydrogen-bond acceptors (Lipinski definition) is 7. The van der Waals surface area contributed by atoms with E-state index in [-0.39, 0.29) is 41.3 Å². The summed E-state index contributed by atoms with van der Waals surface area (Å²) in [6.45, 7) is 16.9. The molecule has 5 aromatic rings. The minimum absolute atomic E-state index is 0.0502. The summed E-state index contributed by atoms with van der Waals surface area (Å²) < 4.78 is 25.2. The molecule has 0 amide bonds. The number of allylic oxidation sites excluding steroid dienone is 1. The number of benzene rings is 4. The summed E-state index contributed by atoms with van der Waals surface area (Å²) in [5, 5.41) is 0. The molecule has 1 atom stereocenters. The van der Waals surface area contributed by atoms with Crippen LogP contribution in [0.4, 0.5) is 4.79 Å². The first-order chi connectivity index (χ1) is 26.2. The molecule has 1 heterocycles. The maximum Gasteiger partial charge on any atom is 0.513 e. The van der Waals surface area contributed by atoms with Gasteiger partial charge in [0.05, 0.1) is 31.8 Å². The molecule has 1 aliphatic carbocycles. The van der Waals surface area contributed by atoms with E-state index < -0.39 is 18.2 Å². The summed E-state index contributed by atoms with van der Waals surface area (Å²) in [6.07, 6.45) is 3.21. The summed E-state index contributed by atoms with van der Waals surface area (Å²) in [4.78, 5) is 32.5. The number of aromatic nitrogens is 2. The fraction of sp³-hybridized carbons (Fsp3) is 0.340. The van der Waals surface area contributed by atoms with Gasteiger partial charge in [0.15, 0.2) is 0 Å². The van der Waals surface area contributed by atoms with Gasteiger partial charge in [-0.05, 0) is 63.6 Å². The minimum atomic E-state index is -0.915. The molecular weight excluding hydrogens is 689 g/mol. The highest BCUT2D eigenvalue weighted by Crippen LogP contribution is 2.47. The molecule has 286 valence electrons. The Kier molecular flexibility index (Phi) is 11.4. The van der Waals surface area contributed by atoms with Crippen LogP contribution in [0.5, 0.6) is 5.75 Å². The van der Waals surface area contributed by atoms with E-state index in [2.05, 4.69) is 82.9 Å². The lowest BCUT2D eigenvalue weighted by Crippen LogP contribution is -2.24. The van der Waals surface area contributed by atoms with E-state index in [4.69, 9.17) is 18.9 Å². The standard InChI is InChI=1S/C47H52N2O6/c1-10-24-53-44(50)42(43(36-18-14-15-19-41(36)52-9)49-27-40(48-29-49)31-16-12-11-13-17-31)30(2)55-45(51)54-28-39-37-25-32(46(3,4)5)20-22-34(37)35-23-21-33(26-38(35)39)47(6,7)8/h11-23,25-27,29,39,43H,10,24,28H2,1-9H3. The lowest BCUT2D eigenvalue weighted by molar-refractivity contribution is -0.139. The second kappa shape index (κ2) is 16.0. The number of carbonyl (C=O) groups is 2. The molecule has 0 fully saturated rings. The molecule has 1 aliphatic rings. The lowest BCUT2D eigenvalue weighted by atomic mass is 9.83. The van der Waals surface area contributed by atoms with Gasteiger partial charge in [-0.2, -0.15) is 0 Å². The van der Waals surface area contributed by atoms with E-state index in [9.17, 15) is 9.59 Å². The Morgan fingerprint density at radius 3 is 1.98 bits per heavy atom. The van der Waals surface area contributed by atoms with E-state index in [0.29, 0.717) is 23.4 Å². The van der Waals surface area contributed by atoms with Gasteiger partial charge in [0.1, 0.15) is 23.7 Å². The molecule has 55 heavy (non-hydrogen) atoms. The van der Waals surface area contributed by atoms with Gasteiger partial charge in [-0.15, -0.1) is 0 Å². The zero-order valence-corrected chi connectivity index (χ0v) is 33.4. The summed E-state index contributed by atoms with van der Waals surface area (Å²) in [5.74, 6) is -0.235. The molecule has 0 saturated carbocycles. The van der Waals surface area contributed by atoms with Crippen LogP contribution in [0.1, 0.15) is 102 Å². The highest BCUT2D eigenvalue weighted by Gasteiger charge is 2.35. The van der Waals surface area contributed by atoms with Crippen LogP contribution < -0.4 is 4.74 Å².